The predicted octanol–water partition coefficient (Wildman–Crippen LogP) is 3.56. The van der Waals surface area contributed by atoms with Crippen molar-refractivity contribution in [1.82, 2.24) is 0 Å². The molecule has 0 radical (unpaired) electrons. The van der Waals surface area contributed by atoms with Crippen molar-refractivity contribution in [2.75, 3.05) is 12.8 Å². The molecule has 2 nitrogen and oxygen atoms in total. The first-order valence-corrected chi connectivity index (χ1v) is 5.53. The van der Waals surface area contributed by atoms with Crippen LogP contribution in [0.1, 0.15) is 11.1 Å². The summed E-state index contributed by atoms with van der Waals surface area (Å²) < 4.78 is 46.8. The molecule has 0 unspecified atom stereocenters. The third-order valence-electron chi connectivity index (χ3n) is 2.75. The molecule has 0 saturated heterocycles. The predicted molar refractivity (Wildman–Crippen MR) is 66.8 cm³/mol. The Labute approximate surface area is 108 Å². The smallest absolute Gasteiger partial charge is 0.302 e. The number of rotatable bonds is 3. The van der Waals surface area contributed by atoms with E-state index in [-0.39, 0.29) is 17.0 Å². The molecule has 0 heterocycles. The van der Waals surface area contributed by atoms with Crippen LogP contribution in [0.3, 0.4) is 0 Å². The minimum atomic E-state index is -3.39. The molecule has 0 bridgehead atoms. The van der Waals surface area contributed by atoms with Crippen LogP contribution in [0.5, 0.6) is 5.75 Å². The summed E-state index contributed by atoms with van der Waals surface area (Å²) in [6.45, 7) is 0. The number of anilines is 1. The average molecular weight is 267 g/mol. The minimum absolute atomic E-state index is 0.0752. The van der Waals surface area contributed by atoms with Gasteiger partial charge in [0.25, 0.3) is 0 Å². The number of nitrogens with two attached hydrogens (primary N) is 1. The molecule has 5 heteroatoms. The zero-order valence-electron chi connectivity index (χ0n) is 10.2. The van der Waals surface area contributed by atoms with Crippen molar-refractivity contribution in [2.45, 2.75) is 5.92 Å². The second-order valence-electron chi connectivity index (χ2n) is 4.04. The molecule has 0 atom stereocenters. The highest BCUT2D eigenvalue weighted by Crippen LogP contribution is 2.41. The molecule has 0 aliphatic heterocycles. The zero-order chi connectivity index (χ0) is 14.0. The quantitative estimate of drug-likeness (QED) is 0.863. The molecule has 2 N–H and O–H groups in total. The number of hydrogen-bond acceptors (Lipinski definition) is 2. The van der Waals surface area contributed by atoms with Crippen LogP contribution in [0.4, 0.5) is 18.9 Å². The molecule has 100 valence electrons. The van der Waals surface area contributed by atoms with Gasteiger partial charge in [0.05, 0.1) is 12.7 Å². The van der Waals surface area contributed by atoms with Gasteiger partial charge in [-0.25, -0.2) is 4.39 Å². The van der Waals surface area contributed by atoms with Gasteiger partial charge in [0.15, 0.2) is 0 Å². The van der Waals surface area contributed by atoms with Crippen LogP contribution in [0.15, 0.2) is 42.5 Å². The molecule has 19 heavy (non-hydrogen) atoms. The van der Waals surface area contributed by atoms with Gasteiger partial charge in [-0.05, 0) is 30.3 Å². The Hall–Kier alpha value is -2.17. The van der Waals surface area contributed by atoms with E-state index < -0.39 is 17.3 Å². The monoisotopic (exact) mass is 267 g/mol. The van der Waals surface area contributed by atoms with E-state index in [9.17, 15) is 13.2 Å². The largest absolute Gasteiger partial charge is 0.496 e. The van der Waals surface area contributed by atoms with Crippen molar-refractivity contribution in [3.05, 3.63) is 59.4 Å². The summed E-state index contributed by atoms with van der Waals surface area (Å²) in [6, 6.07) is 8.32. The number of ether oxygens (including phenoxy) is 1. The standard InChI is InChI=1S/C14H12F3NO/c1-19-13-6-5-10(15)8-12(13)14(16,17)9-3-2-4-11(18)7-9/h2-8H,18H2,1H3. The van der Waals surface area contributed by atoms with E-state index >= 15 is 0 Å². The zero-order valence-corrected chi connectivity index (χ0v) is 10.2. The normalized spacial score (nSPS) is 11.4. The van der Waals surface area contributed by atoms with Crippen molar-refractivity contribution >= 4 is 5.69 Å². The molecular weight excluding hydrogens is 255 g/mol. The van der Waals surface area contributed by atoms with Crippen LogP contribution in [0, 0.1) is 5.82 Å². The topological polar surface area (TPSA) is 35.2 Å². The van der Waals surface area contributed by atoms with Crippen molar-refractivity contribution in [1.29, 1.82) is 0 Å². The maximum absolute atomic E-state index is 14.4. The van der Waals surface area contributed by atoms with Gasteiger partial charge in [-0.2, -0.15) is 8.78 Å². The van der Waals surface area contributed by atoms with Crippen LogP contribution in [0.2, 0.25) is 0 Å². The lowest BCUT2D eigenvalue weighted by atomic mass is 9.99. The summed E-state index contributed by atoms with van der Waals surface area (Å²) in [5.74, 6) is -4.21. The van der Waals surface area contributed by atoms with Crippen LogP contribution in [0.25, 0.3) is 0 Å². The fourth-order valence-electron chi connectivity index (χ4n) is 1.82. The van der Waals surface area contributed by atoms with Crippen LogP contribution >= 0.6 is 0 Å². The van der Waals surface area contributed by atoms with Gasteiger partial charge >= 0.3 is 5.92 Å². The van der Waals surface area contributed by atoms with Crippen LogP contribution < -0.4 is 10.5 Å². The van der Waals surface area contributed by atoms with Crippen molar-refractivity contribution in [3.63, 3.8) is 0 Å². The molecule has 0 amide bonds. The second kappa shape index (κ2) is 4.84. The van der Waals surface area contributed by atoms with E-state index in [0.29, 0.717) is 0 Å². The van der Waals surface area contributed by atoms with Crippen molar-refractivity contribution < 1.29 is 17.9 Å². The van der Waals surface area contributed by atoms with E-state index in [0.717, 1.165) is 18.2 Å². The molecule has 0 aliphatic rings. The van der Waals surface area contributed by atoms with E-state index in [1.807, 2.05) is 0 Å². The molecule has 0 aliphatic carbocycles. The lowest BCUT2D eigenvalue weighted by Crippen LogP contribution is -2.17. The SMILES string of the molecule is COc1ccc(F)cc1C(F)(F)c1cccc(N)c1. The number of nitrogen functional groups attached to an aromatic ring is 1. The Morgan fingerprint density at radius 3 is 2.47 bits per heavy atom. The maximum Gasteiger partial charge on any atom is 0.302 e. The van der Waals surface area contributed by atoms with Gasteiger partial charge < -0.3 is 10.5 Å². The molecule has 0 spiro atoms. The summed E-state index contributed by atoms with van der Waals surface area (Å²) in [5.41, 5.74) is 4.87. The van der Waals surface area contributed by atoms with Crippen LogP contribution in [-0.2, 0) is 5.92 Å². The van der Waals surface area contributed by atoms with Gasteiger partial charge in [-0.15, -0.1) is 0 Å². The highest BCUT2D eigenvalue weighted by Gasteiger charge is 2.37. The van der Waals surface area contributed by atoms with Crippen molar-refractivity contribution in [3.8, 4) is 5.75 Å². The summed E-state index contributed by atoms with van der Waals surface area (Å²) in [4.78, 5) is 0. The maximum atomic E-state index is 14.4. The third-order valence-corrected chi connectivity index (χ3v) is 2.75. The van der Waals surface area contributed by atoms with Crippen LogP contribution in [-0.4, -0.2) is 7.11 Å². The molecule has 2 rings (SSSR count). The third kappa shape index (κ3) is 2.50. The Kier molecular flexibility index (Phi) is 3.38. The molecule has 0 saturated carbocycles. The van der Waals surface area contributed by atoms with E-state index in [1.165, 1.54) is 31.4 Å². The second-order valence-corrected chi connectivity index (χ2v) is 4.04. The first-order chi connectivity index (χ1) is 8.95. The number of benzene rings is 2. The Morgan fingerprint density at radius 2 is 1.84 bits per heavy atom. The summed E-state index contributed by atoms with van der Waals surface area (Å²) in [6.07, 6.45) is 0. The molecule has 2 aromatic carbocycles. The average Bonchev–Trinajstić information content (AvgIpc) is 2.38. The van der Waals surface area contributed by atoms with Gasteiger partial charge in [-0.3, -0.25) is 0 Å². The summed E-state index contributed by atoms with van der Waals surface area (Å²) >= 11 is 0. The highest BCUT2D eigenvalue weighted by molar-refractivity contribution is 5.48. The lowest BCUT2D eigenvalue weighted by Gasteiger charge is -2.20. The minimum Gasteiger partial charge on any atom is -0.496 e. The highest BCUT2D eigenvalue weighted by atomic mass is 19.3. The molecule has 0 fully saturated rings. The Morgan fingerprint density at radius 1 is 1.11 bits per heavy atom. The molecule has 0 aromatic heterocycles. The van der Waals surface area contributed by atoms with Gasteiger partial charge in [0.2, 0.25) is 0 Å². The molecular formula is C14H12F3NO. The number of halogens is 3. The van der Waals surface area contributed by atoms with E-state index in [4.69, 9.17) is 10.5 Å². The van der Waals surface area contributed by atoms with E-state index in [2.05, 4.69) is 0 Å². The fourth-order valence-corrected chi connectivity index (χ4v) is 1.82. The number of hydrogen-bond donors (Lipinski definition) is 1. The van der Waals surface area contributed by atoms with Gasteiger partial charge in [-0.1, -0.05) is 12.1 Å². The summed E-state index contributed by atoms with van der Waals surface area (Å²) in [5, 5.41) is 0. The first-order valence-electron chi connectivity index (χ1n) is 5.53. The van der Waals surface area contributed by atoms with E-state index in [1.54, 1.807) is 0 Å². The number of alkyl halides is 2. The van der Waals surface area contributed by atoms with Crippen molar-refractivity contribution in [2.24, 2.45) is 0 Å². The van der Waals surface area contributed by atoms with Gasteiger partial charge in [0.1, 0.15) is 11.6 Å². The molecule has 2 aromatic rings. The Balaban J connectivity index is 2.58. The summed E-state index contributed by atoms with van der Waals surface area (Å²) in [7, 11) is 1.26. The Bertz CT molecular complexity index is 599. The van der Waals surface area contributed by atoms with Gasteiger partial charge in [0, 0.05) is 11.3 Å². The lowest BCUT2D eigenvalue weighted by molar-refractivity contribution is 0.0398. The fraction of sp³-hybridized carbons (Fsp3) is 0.143. The first kappa shape index (κ1) is 13.3. The number of methoxy groups -OCH3 is 1.